The Labute approximate surface area is 66.1 Å². The van der Waals surface area contributed by atoms with Crippen LogP contribution in [0.1, 0.15) is 19.3 Å². The predicted octanol–water partition coefficient (Wildman–Crippen LogP) is 1.55. The van der Waals surface area contributed by atoms with Gasteiger partial charge in [0.25, 0.3) is 0 Å². The minimum absolute atomic E-state index is 0.349. The van der Waals surface area contributed by atoms with E-state index in [0.717, 1.165) is 12.8 Å². The molecule has 0 aromatic carbocycles. The Morgan fingerprint density at radius 1 is 1.64 bits per heavy atom. The molecular formula is C6H13O4P. The molecule has 4 nitrogen and oxygen atoms in total. The van der Waals surface area contributed by atoms with E-state index in [-0.39, 0.29) is 0 Å². The second kappa shape index (κ2) is 3.68. The number of hydrogen-bond acceptors (Lipinski definition) is 3. The van der Waals surface area contributed by atoms with Gasteiger partial charge >= 0.3 is 7.82 Å². The van der Waals surface area contributed by atoms with Gasteiger partial charge in [-0.1, -0.05) is 6.42 Å². The van der Waals surface area contributed by atoms with Gasteiger partial charge in [0.15, 0.2) is 0 Å². The highest BCUT2D eigenvalue weighted by molar-refractivity contribution is 7.47. The maximum atomic E-state index is 10.7. The van der Waals surface area contributed by atoms with Crippen molar-refractivity contribution in [1.82, 2.24) is 0 Å². The largest absolute Gasteiger partial charge is 0.471 e. The lowest BCUT2D eigenvalue weighted by atomic mass is 9.86. The topological polar surface area (TPSA) is 55.8 Å². The van der Waals surface area contributed by atoms with Gasteiger partial charge in [0.05, 0.1) is 6.61 Å². The molecule has 0 spiro atoms. The van der Waals surface area contributed by atoms with E-state index in [1.807, 2.05) is 0 Å². The monoisotopic (exact) mass is 180 g/mol. The first kappa shape index (κ1) is 9.20. The molecule has 1 fully saturated rings. The Bertz CT molecular complexity index is 166. The van der Waals surface area contributed by atoms with Gasteiger partial charge in [-0.3, -0.25) is 9.05 Å². The van der Waals surface area contributed by atoms with Crippen LogP contribution in [0.2, 0.25) is 0 Å². The maximum Gasteiger partial charge on any atom is 0.471 e. The van der Waals surface area contributed by atoms with Crippen LogP contribution in [0.5, 0.6) is 0 Å². The summed E-state index contributed by atoms with van der Waals surface area (Å²) in [6.45, 7) is 0.349. The standard InChI is InChI=1S/C6H13O4P/c1-9-11(7,8)10-5-6-3-2-4-6/h6H,2-5H2,1H3,(H,7,8). The van der Waals surface area contributed by atoms with Crippen LogP contribution in [0.15, 0.2) is 0 Å². The molecule has 66 valence electrons. The number of phosphoric ester groups is 1. The molecule has 0 radical (unpaired) electrons. The summed E-state index contributed by atoms with van der Waals surface area (Å²) in [6.07, 6.45) is 3.41. The summed E-state index contributed by atoms with van der Waals surface area (Å²) >= 11 is 0. The van der Waals surface area contributed by atoms with E-state index in [2.05, 4.69) is 9.05 Å². The fraction of sp³-hybridized carbons (Fsp3) is 1.00. The molecule has 1 aliphatic rings. The molecule has 0 saturated heterocycles. The molecule has 1 unspecified atom stereocenters. The van der Waals surface area contributed by atoms with Gasteiger partial charge in [-0.05, 0) is 18.8 Å². The molecular weight excluding hydrogens is 167 g/mol. The summed E-state index contributed by atoms with van der Waals surface area (Å²) < 4.78 is 19.7. The third-order valence-corrected chi connectivity index (χ3v) is 2.87. The zero-order chi connectivity index (χ0) is 8.32. The summed E-state index contributed by atoms with van der Waals surface area (Å²) in [4.78, 5) is 8.80. The van der Waals surface area contributed by atoms with Crippen molar-refractivity contribution in [2.24, 2.45) is 5.92 Å². The molecule has 0 aromatic rings. The average Bonchev–Trinajstić information content (AvgIpc) is 1.84. The zero-order valence-electron chi connectivity index (χ0n) is 6.52. The van der Waals surface area contributed by atoms with Crippen molar-refractivity contribution in [3.8, 4) is 0 Å². The fourth-order valence-electron chi connectivity index (χ4n) is 0.912. The molecule has 0 amide bonds. The molecule has 1 atom stereocenters. The van der Waals surface area contributed by atoms with Gasteiger partial charge in [0, 0.05) is 7.11 Å². The number of rotatable bonds is 4. The lowest BCUT2D eigenvalue weighted by Crippen LogP contribution is -2.16. The maximum absolute atomic E-state index is 10.7. The van der Waals surface area contributed by atoms with Crippen LogP contribution in [-0.4, -0.2) is 18.6 Å². The third-order valence-electron chi connectivity index (χ3n) is 1.93. The van der Waals surface area contributed by atoms with Crippen molar-refractivity contribution in [1.29, 1.82) is 0 Å². The summed E-state index contributed by atoms with van der Waals surface area (Å²) in [6, 6.07) is 0. The van der Waals surface area contributed by atoms with Gasteiger partial charge in [-0.15, -0.1) is 0 Å². The van der Waals surface area contributed by atoms with Crippen LogP contribution in [0.25, 0.3) is 0 Å². The Balaban J connectivity index is 2.14. The van der Waals surface area contributed by atoms with E-state index in [0.29, 0.717) is 12.5 Å². The smallest absolute Gasteiger partial charge is 0.303 e. The zero-order valence-corrected chi connectivity index (χ0v) is 7.42. The quantitative estimate of drug-likeness (QED) is 0.667. The molecule has 1 saturated carbocycles. The van der Waals surface area contributed by atoms with Crippen molar-refractivity contribution in [2.45, 2.75) is 19.3 Å². The summed E-state index contributed by atoms with van der Waals surface area (Å²) in [5, 5.41) is 0. The second-order valence-electron chi connectivity index (χ2n) is 2.74. The third kappa shape index (κ3) is 2.91. The lowest BCUT2D eigenvalue weighted by molar-refractivity contribution is 0.122. The normalized spacial score (nSPS) is 24.2. The van der Waals surface area contributed by atoms with Crippen molar-refractivity contribution in [3.63, 3.8) is 0 Å². The first-order valence-electron chi connectivity index (χ1n) is 3.67. The van der Waals surface area contributed by atoms with E-state index >= 15 is 0 Å². The van der Waals surface area contributed by atoms with Crippen LogP contribution >= 0.6 is 7.82 Å². The van der Waals surface area contributed by atoms with Crippen molar-refractivity contribution < 1.29 is 18.5 Å². The van der Waals surface area contributed by atoms with E-state index in [9.17, 15) is 4.57 Å². The molecule has 5 heteroatoms. The lowest BCUT2D eigenvalue weighted by Gasteiger charge is -2.25. The Morgan fingerprint density at radius 2 is 2.27 bits per heavy atom. The van der Waals surface area contributed by atoms with Crippen LogP contribution in [0.4, 0.5) is 0 Å². The van der Waals surface area contributed by atoms with Gasteiger partial charge in [-0.2, -0.15) is 0 Å². The Hall–Kier alpha value is 0.110. The van der Waals surface area contributed by atoms with Gasteiger partial charge in [0.2, 0.25) is 0 Å². The Kier molecular flexibility index (Phi) is 3.07. The van der Waals surface area contributed by atoms with Gasteiger partial charge in [0.1, 0.15) is 0 Å². The van der Waals surface area contributed by atoms with E-state index in [1.165, 1.54) is 13.5 Å². The highest BCUT2D eigenvalue weighted by Crippen LogP contribution is 2.43. The van der Waals surface area contributed by atoms with Crippen LogP contribution in [-0.2, 0) is 13.6 Å². The van der Waals surface area contributed by atoms with E-state index in [1.54, 1.807) is 0 Å². The first-order chi connectivity index (χ1) is 5.14. The van der Waals surface area contributed by atoms with E-state index in [4.69, 9.17) is 4.89 Å². The first-order valence-corrected chi connectivity index (χ1v) is 5.16. The molecule has 1 N–H and O–H groups in total. The molecule has 0 heterocycles. The molecule has 0 aliphatic heterocycles. The summed E-state index contributed by atoms with van der Waals surface area (Å²) in [7, 11) is -2.54. The minimum atomic E-state index is -3.71. The van der Waals surface area contributed by atoms with Crippen molar-refractivity contribution in [3.05, 3.63) is 0 Å². The number of phosphoric acid groups is 1. The van der Waals surface area contributed by atoms with Crippen LogP contribution < -0.4 is 0 Å². The molecule has 1 rings (SSSR count). The highest BCUT2D eigenvalue weighted by atomic mass is 31.2. The Morgan fingerprint density at radius 3 is 2.64 bits per heavy atom. The molecule has 1 aliphatic carbocycles. The average molecular weight is 180 g/mol. The van der Waals surface area contributed by atoms with Crippen molar-refractivity contribution >= 4 is 7.82 Å². The van der Waals surface area contributed by atoms with Gasteiger partial charge in [-0.25, -0.2) is 4.57 Å². The highest BCUT2D eigenvalue weighted by Gasteiger charge is 2.24. The second-order valence-corrected chi connectivity index (χ2v) is 4.30. The molecule has 0 aromatic heterocycles. The van der Waals surface area contributed by atoms with Crippen LogP contribution in [0.3, 0.4) is 0 Å². The fourth-order valence-corrected chi connectivity index (χ4v) is 1.42. The summed E-state index contributed by atoms with van der Waals surface area (Å²) in [5.74, 6) is 0.464. The minimum Gasteiger partial charge on any atom is -0.303 e. The van der Waals surface area contributed by atoms with Gasteiger partial charge < -0.3 is 4.89 Å². The molecule has 0 bridgehead atoms. The van der Waals surface area contributed by atoms with Crippen LogP contribution in [0, 0.1) is 5.92 Å². The molecule has 11 heavy (non-hydrogen) atoms. The van der Waals surface area contributed by atoms with E-state index < -0.39 is 7.82 Å². The predicted molar refractivity (Wildman–Crippen MR) is 40.1 cm³/mol. The summed E-state index contributed by atoms with van der Waals surface area (Å²) in [5.41, 5.74) is 0. The van der Waals surface area contributed by atoms with Crippen molar-refractivity contribution in [2.75, 3.05) is 13.7 Å². The SMILES string of the molecule is COP(=O)(O)OCC1CCC1. The number of hydrogen-bond donors (Lipinski definition) is 1.